The highest BCUT2D eigenvalue weighted by molar-refractivity contribution is 9.10. The van der Waals surface area contributed by atoms with Crippen molar-refractivity contribution in [3.63, 3.8) is 0 Å². The lowest BCUT2D eigenvalue weighted by Crippen LogP contribution is -2.02. The topological polar surface area (TPSA) is 55.1 Å². The summed E-state index contributed by atoms with van der Waals surface area (Å²) >= 11 is 15.2. The molecule has 0 radical (unpaired) electrons. The normalized spacial score (nSPS) is 11.0. The van der Waals surface area contributed by atoms with E-state index in [1.54, 1.807) is 6.07 Å². The molecule has 0 amide bonds. The van der Waals surface area contributed by atoms with Crippen LogP contribution in [0.3, 0.4) is 0 Å². The summed E-state index contributed by atoms with van der Waals surface area (Å²) in [4.78, 5) is 7.96. The van der Waals surface area contributed by atoms with Crippen LogP contribution in [0, 0.1) is 5.82 Å². The summed E-state index contributed by atoms with van der Waals surface area (Å²) < 4.78 is 15.1. The summed E-state index contributed by atoms with van der Waals surface area (Å²) in [6, 6.07) is 4.07. The number of hydrogen-bond donors (Lipinski definition) is 1. The standard InChI is InChI=1S/C11H5BrCl2FN5/c12-6-1-5(15)2-7(13)10(6)19-9-3-8(14)18-11-16-4-17-20(9)11/h1-4,19H. The zero-order valence-corrected chi connectivity index (χ0v) is 12.7. The predicted molar refractivity (Wildman–Crippen MR) is 78.2 cm³/mol. The molecule has 0 fully saturated rings. The molecule has 0 saturated carbocycles. The van der Waals surface area contributed by atoms with E-state index in [2.05, 4.69) is 36.3 Å². The van der Waals surface area contributed by atoms with Gasteiger partial charge >= 0.3 is 0 Å². The molecule has 0 saturated heterocycles. The van der Waals surface area contributed by atoms with E-state index in [4.69, 9.17) is 23.2 Å². The van der Waals surface area contributed by atoms with Crippen LogP contribution < -0.4 is 5.32 Å². The molecule has 102 valence electrons. The van der Waals surface area contributed by atoms with Gasteiger partial charge in [-0.3, -0.25) is 0 Å². The van der Waals surface area contributed by atoms with Gasteiger partial charge in [0.1, 0.15) is 23.1 Å². The van der Waals surface area contributed by atoms with E-state index in [1.807, 2.05) is 0 Å². The Bertz CT molecular complexity index is 784. The minimum absolute atomic E-state index is 0.220. The van der Waals surface area contributed by atoms with Crippen molar-refractivity contribution >= 4 is 56.4 Å². The van der Waals surface area contributed by atoms with E-state index in [0.29, 0.717) is 21.8 Å². The summed E-state index contributed by atoms with van der Waals surface area (Å²) in [5.41, 5.74) is 0.493. The van der Waals surface area contributed by atoms with E-state index in [-0.39, 0.29) is 10.2 Å². The lowest BCUT2D eigenvalue weighted by Gasteiger charge is -2.11. The van der Waals surface area contributed by atoms with Gasteiger partial charge in [0.2, 0.25) is 0 Å². The molecular weight excluding hydrogens is 372 g/mol. The number of benzene rings is 1. The second-order valence-electron chi connectivity index (χ2n) is 3.81. The molecule has 0 spiro atoms. The van der Waals surface area contributed by atoms with Crippen molar-refractivity contribution < 1.29 is 4.39 Å². The van der Waals surface area contributed by atoms with Crippen molar-refractivity contribution in [1.29, 1.82) is 0 Å². The fraction of sp³-hybridized carbons (Fsp3) is 0. The fourth-order valence-electron chi connectivity index (χ4n) is 1.66. The number of halogens is 4. The molecule has 3 rings (SSSR count). The second-order valence-corrected chi connectivity index (χ2v) is 5.45. The smallest absolute Gasteiger partial charge is 0.255 e. The van der Waals surface area contributed by atoms with Gasteiger partial charge in [0, 0.05) is 10.5 Å². The monoisotopic (exact) mass is 375 g/mol. The van der Waals surface area contributed by atoms with Crippen LogP contribution in [0.4, 0.5) is 15.9 Å². The molecule has 0 unspecified atom stereocenters. The van der Waals surface area contributed by atoms with Gasteiger partial charge in [-0.1, -0.05) is 23.2 Å². The van der Waals surface area contributed by atoms with E-state index in [9.17, 15) is 4.39 Å². The lowest BCUT2D eigenvalue weighted by molar-refractivity contribution is 0.627. The minimum Gasteiger partial charge on any atom is -0.338 e. The average molecular weight is 377 g/mol. The van der Waals surface area contributed by atoms with Gasteiger partial charge in [-0.25, -0.2) is 4.39 Å². The average Bonchev–Trinajstić information content (AvgIpc) is 2.81. The van der Waals surface area contributed by atoms with Gasteiger partial charge in [-0.15, -0.1) is 0 Å². The van der Waals surface area contributed by atoms with Crippen molar-refractivity contribution in [2.75, 3.05) is 5.32 Å². The van der Waals surface area contributed by atoms with Gasteiger partial charge in [-0.2, -0.15) is 19.6 Å². The minimum atomic E-state index is -0.439. The van der Waals surface area contributed by atoms with Crippen molar-refractivity contribution in [3.05, 3.63) is 45.0 Å². The molecule has 0 aliphatic rings. The summed E-state index contributed by atoms with van der Waals surface area (Å²) in [6.07, 6.45) is 1.35. The molecule has 0 aliphatic carbocycles. The first-order valence-corrected chi connectivity index (χ1v) is 6.87. The van der Waals surface area contributed by atoms with Gasteiger partial charge < -0.3 is 5.32 Å². The first-order chi connectivity index (χ1) is 9.54. The molecule has 1 N–H and O–H groups in total. The van der Waals surface area contributed by atoms with Crippen LogP contribution in [0.5, 0.6) is 0 Å². The Labute approximate surface area is 130 Å². The molecule has 1 aromatic carbocycles. The number of aromatic nitrogens is 4. The SMILES string of the molecule is Fc1cc(Cl)c(Nc2cc(Cl)nc3ncnn23)c(Br)c1. The second kappa shape index (κ2) is 5.16. The molecule has 9 heteroatoms. The maximum atomic E-state index is 13.2. The fourth-order valence-corrected chi connectivity index (χ4v) is 2.74. The van der Waals surface area contributed by atoms with Crippen molar-refractivity contribution in [1.82, 2.24) is 19.6 Å². The van der Waals surface area contributed by atoms with Crippen LogP contribution in [0.25, 0.3) is 5.78 Å². The van der Waals surface area contributed by atoms with Crippen LogP contribution in [-0.2, 0) is 0 Å². The van der Waals surface area contributed by atoms with Crippen molar-refractivity contribution in [3.8, 4) is 0 Å². The Hall–Kier alpha value is -1.44. The summed E-state index contributed by atoms with van der Waals surface area (Å²) in [6.45, 7) is 0. The largest absolute Gasteiger partial charge is 0.338 e. The number of hydrogen-bond acceptors (Lipinski definition) is 4. The predicted octanol–water partition coefficient (Wildman–Crippen LogP) is 4.08. The lowest BCUT2D eigenvalue weighted by atomic mass is 10.3. The first-order valence-electron chi connectivity index (χ1n) is 5.32. The van der Waals surface area contributed by atoms with Crippen LogP contribution in [-0.4, -0.2) is 19.6 Å². The highest BCUT2D eigenvalue weighted by Gasteiger charge is 2.12. The molecule has 20 heavy (non-hydrogen) atoms. The maximum absolute atomic E-state index is 13.2. The van der Waals surface area contributed by atoms with Crippen molar-refractivity contribution in [2.45, 2.75) is 0 Å². The third-order valence-electron chi connectivity index (χ3n) is 2.48. The molecule has 0 aliphatic heterocycles. The maximum Gasteiger partial charge on any atom is 0.255 e. The Kier molecular flexibility index (Phi) is 3.49. The number of anilines is 2. The molecule has 0 atom stereocenters. The summed E-state index contributed by atoms with van der Waals surface area (Å²) in [7, 11) is 0. The highest BCUT2D eigenvalue weighted by Crippen LogP contribution is 2.34. The third-order valence-corrected chi connectivity index (χ3v) is 3.60. The van der Waals surface area contributed by atoms with E-state index in [0.717, 1.165) is 0 Å². The Morgan fingerprint density at radius 2 is 2.05 bits per heavy atom. The molecule has 3 aromatic rings. The molecular formula is C11H5BrCl2FN5. The van der Waals surface area contributed by atoms with Crippen LogP contribution in [0.2, 0.25) is 10.2 Å². The summed E-state index contributed by atoms with van der Waals surface area (Å²) in [5.74, 6) is 0.409. The quantitative estimate of drug-likeness (QED) is 0.685. The van der Waals surface area contributed by atoms with Gasteiger partial charge in [0.05, 0.1) is 10.7 Å². The Morgan fingerprint density at radius 1 is 1.25 bits per heavy atom. The highest BCUT2D eigenvalue weighted by atomic mass is 79.9. The number of nitrogens with zero attached hydrogens (tertiary/aromatic N) is 4. The molecule has 2 aromatic heterocycles. The number of nitrogens with one attached hydrogen (secondary N) is 1. The Balaban J connectivity index is 2.12. The van der Waals surface area contributed by atoms with E-state index in [1.165, 1.54) is 23.0 Å². The molecule has 2 heterocycles. The Morgan fingerprint density at radius 3 is 2.80 bits per heavy atom. The summed E-state index contributed by atoms with van der Waals surface area (Å²) in [5, 5.41) is 7.52. The van der Waals surface area contributed by atoms with Crippen LogP contribution >= 0.6 is 39.1 Å². The van der Waals surface area contributed by atoms with Crippen molar-refractivity contribution in [2.24, 2.45) is 0 Å². The van der Waals surface area contributed by atoms with Gasteiger partial charge in [0.15, 0.2) is 0 Å². The number of rotatable bonds is 2. The van der Waals surface area contributed by atoms with Crippen LogP contribution in [0.15, 0.2) is 29.0 Å². The van der Waals surface area contributed by atoms with Gasteiger partial charge in [-0.05, 0) is 28.1 Å². The third kappa shape index (κ3) is 2.44. The first kappa shape index (κ1) is 13.5. The molecule has 5 nitrogen and oxygen atoms in total. The zero-order chi connectivity index (χ0) is 14.3. The van der Waals surface area contributed by atoms with E-state index < -0.39 is 5.82 Å². The van der Waals surface area contributed by atoms with Crippen LogP contribution in [0.1, 0.15) is 0 Å². The zero-order valence-electron chi connectivity index (χ0n) is 9.61. The molecule has 0 bridgehead atoms. The number of fused-ring (bicyclic) bond motifs is 1. The van der Waals surface area contributed by atoms with E-state index >= 15 is 0 Å². The van der Waals surface area contributed by atoms with Gasteiger partial charge in [0.25, 0.3) is 5.78 Å².